The summed E-state index contributed by atoms with van der Waals surface area (Å²) in [6.07, 6.45) is 1.55. The highest BCUT2D eigenvalue weighted by molar-refractivity contribution is 7.99. The minimum absolute atomic E-state index is 0.0352. The average molecular weight is 395 g/mol. The van der Waals surface area contributed by atoms with Gasteiger partial charge in [0.05, 0.1) is 18.6 Å². The number of alkyl halides is 2. The maximum atomic E-state index is 12.2. The van der Waals surface area contributed by atoms with Crippen LogP contribution < -0.4 is 4.74 Å². The van der Waals surface area contributed by atoms with Gasteiger partial charge < -0.3 is 18.5 Å². The minimum atomic E-state index is -2.88. The molecule has 1 aromatic carbocycles. The van der Waals surface area contributed by atoms with Crippen molar-refractivity contribution in [3.05, 3.63) is 48.4 Å². The maximum Gasteiger partial charge on any atom is 0.387 e. The van der Waals surface area contributed by atoms with Gasteiger partial charge in [-0.2, -0.15) is 8.78 Å². The molecule has 0 radical (unpaired) electrons. The van der Waals surface area contributed by atoms with E-state index in [1.165, 1.54) is 29.2 Å². The van der Waals surface area contributed by atoms with Gasteiger partial charge in [-0.05, 0) is 36.4 Å². The van der Waals surface area contributed by atoms with Gasteiger partial charge in [0.1, 0.15) is 11.5 Å². The van der Waals surface area contributed by atoms with Crippen molar-refractivity contribution >= 4 is 17.7 Å². The molecule has 0 aliphatic rings. The van der Waals surface area contributed by atoms with Crippen LogP contribution >= 0.6 is 11.8 Å². The third kappa shape index (κ3) is 5.30. The molecule has 3 rings (SSSR count). The Morgan fingerprint density at radius 1 is 1.26 bits per heavy atom. The largest absolute Gasteiger partial charge is 0.467 e. The molecule has 142 valence electrons. The first-order valence-electron chi connectivity index (χ1n) is 7.79. The summed E-state index contributed by atoms with van der Waals surface area (Å²) < 4.78 is 39.3. The molecule has 3 aromatic rings. The van der Waals surface area contributed by atoms with E-state index in [2.05, 4.69) is 14.9 Å². The van der Waals surface area contributed by atoms with E-state index < -0.39 is 6.61 Å². The highest BCUT2D eigenvalue weighted by Crippen LogP contribution is 2.25. The Hall–Kier alpha value is -2.88. The molecule has 0 fully saturated rings. The number of aromatic nitrogens is 2. The van der Waals surface area contributed by atoms with Crippen LogP contribution in [0.4, 0.5) is 8.78 Å². The zero-order valence-corrected chi connectivity index (χ0v) is 15.0. The lowest BCUT2D eigenvalue weighted by molar-refractivity contribution is -0.127. The number of halogens is 2. The van der Waals surface area contributed by atoms with E-state index in [0.29, 0.717) is 17.9 Å². The SMILES string of the molecule is CN(Cc1ccco1)C(=O)CSc1nnc(-c2ccc(OC(F)F)cc2)o1. The fourth-order valence-corrected chi connectivity index (χ4v) is 2.83. The van der Waals surface area contributed by atoms with Crippen LogP contribution in [0.25, 0.3) is 11.5 Å². The lowest BCUT2D eigenvalue weighted by atomic mass is 10.2. The van der Waals surface area contributed by atoms with Gasteiger partial charge in [-0.3, -0.25) is 4.79 Å². The molecule has 0 aliphatic heterocycles. The van der Waals surface area contributed by atoms with Crippen molar-refractivity contribution in [1.82, 2.24) is 15.1 Å². The second-order valence-electron chi connectivity index (χ2n) is 5.39. The molecule has 0 saturated carbocycles. The fourth-order valence-electron chi connectivity index (χ4n) is 2.12. The fraction of sp³-hybridized carbons (Fsp3) is 0.235. The van der Waals surface area contributed by atoms with Gasteiger partial charge >= 0.3 is 6.61 Å². The standard InChI is InChI=1S/C17H15F2N3O4S/c1-22(9-13-3-2-8-24-13)14(23)10-27-17-21-20-15(26-17)11-4-6-12(7-5-11)25-16(18)19/h2-8,16H,9-10H2,1H3. The van der Waals surface area contributed by atoms with Crippen LogP contribution in [0, 0.1) is 0 Å². The Bertz CT molecular complexity index is 869. The summed E-state index contributed by atoms with van der Waals surface area (Å²) in [5.74, 6) is 0.949. The Morgan fingerprint density at radius 3 is 2.70 bits per heavy atom. The van der Waals surface area contributed by atoms with Crippen molar-refractivity contribution in [2.45, 2.75) is 18.4 Å². The molecule has 2 aromatic heterocycles. The van der Waals surface area contributed by atoms with Crippen LogP contribution in [0.2, 0.25) is 0 Å². The number of carbonyl (C=O) groups is 1. The van der Waals surface area contributed by atoms with Gasteiger partial charge in [-0.15, -0.1) is 10.2 Å². The van der Waals surface area contributed by atoms with Gasteiger partial charge in [0, 0.05) is 12.6 Å². The molecule has 0 spiro atoms. The number of furan rings is 1. The van der Waals surface area contributed by atoms with E-state index in [0.717, 1.165) is 11.8 Å². The summed E-state index contributed by atoms with van der Waals surface area (Å²) in [6, 6.07) is 9.37. The minimum Gasteiger partial charge on any atom is -0.467 e. The molecule has 2 heterocycles. The Balaban J connectivity index is 1.53. The van der Waals surface area contributed by atoms with Crippen molar-refractivity contribution < 1.29 is 27.1 Å². The summed E-state index contributed by atoms with van der Waals surface area (Å²) in [7, 11) is 1.67. The zero-order valence-electron chi connectivity index (χ0n) is 14.2. The molecule has 1 amide bonds. The Labute approximate surface area is 157 Å². The number of ether oxygens (including phenoxy) is 1. The monoisotopic (exact) mass is 395 g/mol. The summed E-state index contributed by atoms with van der Waals surface area (Å²) >= 11 is 1.11. The van der Waals surface area contributed by atoms with E-state index >= 15 is 0 Å². The molecule has 27 heavy (non-hydrogen) atoms. The smallest absolute Gasteiger partial charge is 0.387 e. The van der Waals surface area contributed by atoms with Crippen LogP contribution in [-0.4, -0.2) is 40.4 Å². The van der Waals surface area contributed by atoms with Crippen molar-refractivity contribution in [2.75, 3.05) is 12.8 Å². The summed E-state index contributed by atoms with van der Waals surface area (Å²) in [5, 5.41) is 8.00. The summed E-state index contributed by atoms with van der Waals surface area (Å²) in [5.41, 5.74) is 0.553. The summed E-state index contributed by atoms with van der Waals surface area (Å²) in [4.78, 5) is 13.7. The van der Waals surface area contributed by atoms with Crippen molar-refractivity contribution in [3.8, 4) is 17.2 Å². The maximum absolute atomic E-state index is 12.2. The zero-order chi connectivity index (χ0) is 19.2. The van der Waals surface area contributed by atoms with Gasteiger partial charge in [0.15, 0.2) is 0 Å². The molecule has 7 nitrogen and oxygen atoms in total. The lowest BCUT2D eigenvalue weighted by Crippen LogP contribution is -2.27. The van der Waals surface area contributed by atoms with Crippen molar-refractivity contribution in [2.24, 2.45) is 0 Å². The number of hydrogen-bond donors (Lipinski definition) is 0. The summed E-state index contributed by atoms with van der Waals surface area (Å²) in [6.45, 7) is -2.51. The number of rotatable bonds is 8. The molecule has 0 N–H and O–H groups in total. The third-order valence-electron chi connectivity index (χ3n) is 3.45. The van der Waals surface area contributed by atoms with Gasteiger partial charge in [0.2, 0.25) is 11.8 Å². The third-order valence-corrected chi connectivity index (χ3v) is 4.25. The molecular weight excluding hydrogens is 380 g/mol. The van der Waals surface area contributed by atoms with Gasteiger partial charge in [-0.1, -0.05) is 11.8 Å². The van der Waals surface area contributed by atoms with E-state index in [1.807, 2.05) is 0 Å². The van der Waals surface area contributed by atoms with Crippen LogP contribution in [-0.2, 0) is 11.3 Å². The Kier molecular flexibility index (Phi) is 6.07. The van der Waals surface area contributed by atoms with E-state index in [1.54, 1.807) is 25.4 Å². The predicted octanol–water partition coefficient (Wildman–Crippen LogP) is 3.68. The predicted molar refractivity (Wildman–Crippen MR) is 92.3 cm³/mol. The molecule has 10 heteroatoms. The van der Waals surface area contributed by atoms with E-state index in [4.69, 9.17) is 8.83 Å². The van der Waals surface area contributed by atoms with Gasteiger partial charge in [-0.25, -0.2) is 0 Å². The number of amides is 1. The van der Waals surface area contributed by atoms with Crippen molar-refractivity contribution in [1.29, 1.82) is 0 Å². The first kappa shape index (κ1) is 18.9. The number of benzene rings is 1. The number of nitrogens with zero attached hydrogens (tertiary/aromatic N) is 3. The van der Waals surface area contributed by atoms with Crippen LogP contribution in [0.1, 0.15) is 5.76 Å². The number of hydrogen-bond acceptors (Lipinski definition) is 7. The first-order valence-corrected chi connectivity index (χ1v) is 8.77. The van der Waals surface area contributed by atoms with Gasteiger partial charge in [0.25, 0.3) is 5.22 Å². The van der Waals surface area contributed by atoms with Crippen molar-refractivity contribution in [3.63, 3.8) is 0 Å². The van der Waals surface area contributed by atoms with Crippen LogP contribution in [0.3, 0.4) is 0 Å². The quantitative estimate of drug-likeness (QED) is 0.538. The highest BCUT2D eigenvalue weighted by Gasteiger charge is 2.15. The lowest BCUT2D eigenvalue weighted by Gasteiger charge is -2.14. The molecule has 0 unspecified atom stereocenters. The normalized spacial score (nSPS) is 11.0. The number of carbonyl (C=O) groups excluding carboxylic acids is 1. The molecule has 0 bridgehead atoms. The highest BCUT2D eigenvalue weighted by atomic mass is 32.2. The average Bonchev–Trinajstić information content (AvgIpc) is 3.31. The Morgan fingerprint density at radius 2 is 2.04 bits per heavy atom. The van der Waals surface area contributed by atoms with E-state index in [9.17, 15) is 13.6 Å². The van der Waals surface area contributed by atoms with Crippen LogP contribution in [0.5, 0.6) is 5.75 Å². The molecule has 0 atom stereocenters. The molecular formula is C17H15F2N3O4S. The molecule has 0 aliphatic carbocycles. The second kappa shape index (κ2) is 8.67. The molecule has 0 saturated heterocycles. The topological polar surface area (TPSA) is 81.6 Å². The first-order chi connectivity index (χ1) is 13.0. The second-order valence-corrected chi connectivity index (χ2v) is 6.32. The number of thioether (sulfide) groups is 1. The van der Waals surface area contributed by atoms with E-state index in [-0.39, 0.29) is 28.5 Å². The van der Waals surface area contributed by atoms with Crippen LogP contribution in [0.15, 0.2) is 56.7 Å².